The Morgan fingerprint density at radius 1 is 1.32 bits per heavy atom. The summed E-state index contributed by atoms with van der Waals surface area (Å²) in [7, 11) is 0. The van der Waals surface area contributed by atoms with Gasteiger partial charge in [0, 0.05) is 5.69 Å². The molecule has 1 aromatic rings. The molecule has 3 nitrogen and oxygen atoms in total. The molecule has 0 bridgehead atoms. The van der Waals surface area contributed by atoms with Crippen LogP contribution in [0.2, 0.25) is 0 Å². The van der Waals surface area contributed by atoms with Crippen molar-refractivity contribution >= 4 is 11.6 Å². The Labute approximate surface area is 115 Å². The van der Waals surface area contributed by atoms with Gasteiger partial charge in [-0.05, 0) is 37.3 Å². The molecule has 0 saturated carbocycles. The van der Waals surface area contributed by atoms with E-state index in [1.54, 1.807) is 0 Å². The molecule has 102 valence electrons. The van der Waals surface area contributed by atoms with Crippen LogP contribution < -0.4 is 5.32 Å². The summed E-state index contributed by atoms with van der Waals surface area (Å²) >= 11 is 0. The maximum atomic E-state index is 12.4. The van der Waals surface area contributed by atoms with E-state index in [0.29, 0.717) is 12.8 Å². The largest absolute Gasteiger partial charge is 0.324 e. The second-order valence-corrected chi connectivity index (χ2v) is 4.82. The minimum atomic E-state index is -0.923. The normalized spacial score (nSPS) is 10.9. The minimum absolute atomic E-state index is 0.191. The van der Waals surface area contributed by atoms with Crippen molar-refractivity contribution in [3.63, 3.8) is 0 Å². The van der Waals surface area contributed by atoms with E-state index in [0.717, 1.165) is 23.2 Å². The second kappa shape index (κ2) is 6.38. The molecule has 0 heterocycles. The molecule has 0 unspecified atom stereocenters. The number of nitrogens with zero attached hydrogens (tertiary/aromatic N) is 1. The molecule has 3 heteroatoms. The Morgan fingerprint density at radius 3 is 2.42 bits per heavy atom. The summed E-state index contributed by atoms with van der Waals surface area (Å²) < 4.78 is 0. The molecule has 0 aromatic heterocycles. The number of carbonyl (C=O) groups is 1. The molecule has 0 radical (unpaired) electrons. The van der Waals surface area contributed by atoms with Crippen LogP contribution in [0.4, 0.5) is 5.69 Å². The number of benzene rings is 1. The number of para-hydroxylation sites is 1. The maximum absolute atomic E-state index is 12.4. The van der Waals surface area contributed by atoms with E-state index in [2.05, 4.69) is 18.3 Å². The Bertz CT molecular complexity index is 496. The Morgan fingerprint density at radius 2 is 1.95 bits per heavy atom. The van der Waals surface area contributed by atoms with Crippen LogP contribution in [0.1, 0.15) is 44.7 Å². The van der Waals surface area contributed by atoms with Crippen LogP contribution in [0.15, 0.2) is 18.2 Å². The van der Waals surface area contributed by atoms with E-state index in [1.807, 2.05) is 39.0 Å². The monoisotopic (exact) mass is 258 g/mol. The van der Waals surface area contributed by atoms with Crippen LogP contribution in [0.25, 0.3) is 0 Å². The number of anilines is 1. The van der Waals surface area contributed by atoms with Crippen molar-refractivity contribution in [2.75, 3.05) is 5.32 Å². The highest BCUT2D eigenvalue weighted by molar-refractivity contribution is 5.98. The third kappa shape index (κ3) is 2.96. The van der Waals surface area contributed by atoms with Crippen LogP contribution in [0.3, 0.4) is 0 Å². The number of hydrogen-bond donors (Lipinski definition) is 1. The smallest absolute Gasteiger partial charge is 0.244 e. The summed E-state index contributed by atoms with van der Waals surface area (Å²) in [4.78, 5) is 12.4. The maximum Gasteiger partial charge on any atom is 0.244 e. The predicted octanol–water partition coefficient (Wildman–Crippen LogP) is 3.83. The molecular formula is C16H22N2O. The van der Waals surface area contributed by atoms with Crippen LogP contribution in [0, 0.1) is 23.7 Å². The minimum Gasteiger partial charge on any atom is -0.324 e. The van der Waals surface area contributed by atoms with Crippen molar-refractivity contribution in [2.45, 2.75) is 47.0 Å². The van der Waals surface area contributed by atoms with Gasteiger partial charge in [-0.1, -0.05) is 39.0 Å². The van der Waals surface area contributed by atoms with E-state index in [4.69, 9.17) is 0 Å². The lowest BCUT2D eigenvalue weighted by Crippen LogP contribution is -2.34. The van der Waals surface area contributed by atoms with Crippen molar-refractivity contribution in [1.29, 1.82) is 5.26 Å². The molecule has 1 aromatic carbocycles. The number of rotatable bonds is 5. The van der Waals surface area contributed by atoms with Gasteiger partial charge in [0.05, 0.1) is 6.07 Å². The molecule has 0 aliphatic heterocycles. The average molecular weight is 258 g/mol. The van der Waals surface area contributed by atoms with Crippen molar-refractivity contribution in [1.82, 2.24) is 0 Å². The van der Waals surface area contributed by atoms with Gasteiger partial charge in [-0.15, -0.1) is 0 Å². The molecule has 0 aliphatic rings. The van der Waals surface area contributed by atoms with E-state index >= 15 is 0 Å². The summed E-state index contributed by atoms with van der Waals surface area (Å²) in [6, 6.07) is 8.15. The number of nitrogens with one attached hydrogen (secondary N) is 1. The zero-order valence-electron chi connectivity index (χ0n) is 12.2. The van der Waals surface area contributed by atoms with E-state index < -0.39 is 5.41 Å². The zero-order chi connectivity index (χ0) is 14.5. The summed E-state index contributed by atoms with van der Waals surface area (Å²) in [5, 5.41) is 12.3. The van der Waals surface area contributed by atoms with Gasteiger partial charge in [-0.2, -0.15) is 5.26 Å². The highest BCUT2D eigenvalue weighted by Crippen LogP contribution is 2.29. The third-order valence-corrected chi connectivity index (χ3v) is 3.83. The van der Waals surface area contributed by atoms with Gasteiger partial charge in [-0.25, -0.2) is 0 Å². The summed E-state index contributed by atoms with van der Waals surface area (Å²) in [5.41, 5.74) is 2.07. The first-order valence-electron chi connectivity index (χ1n) is 6.85. The molecule has 1 rings (SSSR count). The van der Waals surface area contributed by atoms with Crippen molar-refractivity contribution in [3.05, 3.63) is 29.3 Å². The molecule has 0 saturated heterocycles. The Kier molecular flexibility index (Phi) is 5.11. The molecule has 19 heavy (non-hydrogen) atoms. The third-order valence-electron chi connectivity index (χ3n) is 3.83. The molecule has 0 fully saturated rings. The van der Waals surface area contributed by atoms with E-state index in [1.165, 1.54) is 0 Å². The van der Waals surface area contributed by atoms with Gasteiger partial charge < -0.3 is 5.32 Å². The van der Waals surface area contributed by atoms with Crippen LogP contribution in [0.5, 0.6) is 0 Å². The summed E-state index contributed by atoms with van der Waals surface area (Å²) in [6.07, 6.45) is 1.91. The van der Waals surface area contributed by atoms with Crippen LogP contribution >= 0.6 is 0 Å². The molecule has 0 spiro atoms. The lowest BCUT2D eigenvalue weighted by molar-refractivity contribution is -0.123. The fourth-order valence-corrected chi connectivity index (χ4v) is 2.22. The molecule has 1 amide bonds. The van der Waals surface area contributed by atoms with Gasteiger partial charge in [0.1, 0.15) is 5.41 Å². The van der Waals surface area contributed by atoms with E-state index in [-0.39, 0.29) is 5.91 Å². The molecule has 0 aliphatic carbocycles. The standard InChI is InChI=1S/C16H22N2O/c1-5-13-10-8-9-12(4)14(13)18-15(19)16(6-2,7-3)11-17/h8-10H,5-7H2,1-4H3,(H,18,19). The summed E-state index contributed by atoms with van der Waals surface area (Å²) in [5.74, 6) is -0.191. The zero-order valence-corrected chi connectivity index (χ0v) is 12.2. The number of amides is 1. The quantitative estimate of drug-likeness (QED) is 0.872. The first-order valence-corrected chi connectivity index (χ1v) is 6.85. The average Bonchev–Trinajstić information content (AvgIpc) is 2.43. The molecule has 1 N–H and O–H groups in total. The lowest BCUT2D eigenvalue weighted by Gasteiger charge is -2.23. The fraction of sp³-hybridized carbons (Fsp3) is 0.500. The van der Waals surface area contributed by atoms with Gasteiger partial charge in [-0.3, -0.25) is 4.79 Å². The molecule has 0 atom stereocenters. The first kappa shape index (κ1) is 15.2. The first-order chi connectivity index (χ1) is 9.04. The second-order valence-electron chi connectivity index (χ2n) is 4.82. The SMILES string of the molecule is CCc1cccc(C)c1NC(=O)C(C#N)(CC)CC. The molecular weight excluding hydrogens is 236 g/mol. The van der Waals surface area contributed by atoms with Gasteiger partial charge in [0.2, 0.25) is 5.91 Å². The highest BCUT2D eigenvalue weighted by atomic mass is 16.2. The van der Waals surface area contributed by atoms with Crippen LogP contribution in [-0.2, 0) is 11.2 Å². The van der Waals surface area contributed by atoms with Gasteiger partial charge in [0.15, 0.2) is 0 Å². The van der Waals surface area contributed by atoms with Crippen LogP contribution in [-0.4, -0.2) is 5.91 Å². The fourth-order valence-electron chi connectivity index (χ4n) is 2.22. The predicted molar refractivity (Wildman–Crippen MR) is 77.8 cm³/mol. The number of hydrogen-bond acceptors (Lipinski definition) is 2. The number of nitriles is 1. The number of aryl methyl sites for hydroxylation is 2. The van der Waals surface area contributed by atoms with E-state index in [9.17, 15) is 10.1 Å². The van der Waals surface area contributed by atoms with Gasteiger partial charge in [0.25, 0.3) is 0 Å². The van der Waals surface area contributed by atoms with Crippen molar-refractivity contribution in [3.8, 4) is 6.07 Å². The van der Waals surface area contributed by atoms with Crippen molar-refractivity contribution < 1.29 is 4.79 Å². The lowest BCUT2D eigenvalue weighted by atomic mass is 9.83. The topological polar surface area (TPSA) is 52.9 Å². The van der Waals surface area contributed by atoms with Crippen molar-refractivity contribution in [2.24, 2.45) is 5.41 Å². The Hall–Kier alpha value is -1.82. The summed E-state index contributed by atoms with van der Waals surface area (Å²) in [6.45, 7) is 7.79. The van der Waals surface area contributed by atoms with Gasteiger partial charge >= 0.3 is 0 Å². The highest BCUT2D eigenvalue weighted by Gasteiger charge is 2.35. The Balaban J connectivity index is 3.10. The number of carbonyl (C=O) groups excluding carboxylic acids is 1.